The maximum Gasteiger partial charge on any atom is 0.198 e. The normalized spacial score (nSPS) is 11.4. The van der Waals surface area contributed by atoms with Gasteiger partial charge in [-0.3, -0.25) is 0 Å². The predicted octanol–water partition coefficient (Wildman–Crippen LogP) is 5.01. The number of hydrogen-bond acceptors (Lipinski definition) is 5. The van der Waals surface area contributed by atoms with Gasteiger partial charge in [-0.1, -0.05) is 54.6 Å². The van der Waals surface area contributed by atoms with Crippen LogP contribution in [0.25, 0.3) is 22.4 Å². The monoisotopic (exact) mass is 419 g/mol. The Labute approximate surface area is 175 Å². The molecule has 0 saturated carbocycles. The first-order chi connectivity index (χ1) is 14.5. The zero-order chi connectivity index (χ0) is 21.1. The van der Waals surface area contributed by atoms with E-state index in [9.17, 15) is 8.42 Å². The van der Waals surface area contributed by atoms with Crippen LogP contribution in [-0.2, 0) is 16.3 Å². The van der Waals surface area contributed by atoms with Crippen LogP contribution >= 0.6 is 0 Å². The van der Waals surface area contributed by atoms with Gasteiger partial charge < -0.3 is 9.15 Å². The van der Waals surface area contributed by atoms with Gasteiger partial charge in [0.05, 0.1) is 12.0 Å². The molecule has 0 radical (unpaired) electrons. The number of methoxy groups -OCH3 is 1. The molecule has 0 aliphatic rings. The minimum Gasteiger partial charge on any atom is -0.495 e. The average Bonchev–Trinajstić information content (AvgIpc) is 3.21. The molecule has 6 heteroatoms. The fraction of sp³-hybridized carbons (Fsp3) is 0.125. The van der Waals surface area contributed by atoms with Crippen LogP contribution in [0.1, 0.15) is 11.5 Å². The molecule has 0 N–H and O–H groups in total. The Morgan fingerprint density at radius 2 is 1.60 bits per heavy atom. The Morgan fingerprint density at radius 3 is 2.27 bits per heavy atom. The number of rotatable bonds is 6. The molecule has 0 unspecified atom stereocenters. The number of sulfone groups is 1. The van der Waals surface area contributed by atoms with Gasteiger partial charge in [0.2, 0.25) is 0 Å². The Kier molecular flexibility index (Phi) is 5.42. The Morgan fingerprint density at radius 1 is 0.900 bits per heavy atom. The molecule has 152 valence electrons. The van der Waals surface area contributed by atoms with Gasteiger partial charge in [0.15, 0.2) is 15.7 Å². The molecule has 0 aliphatic carbocycles. The van der Waals surface area contributed by atoms with Crippen LogP contribution in [0.4, 0.5) is 0 Å². The van der Waals surface area contributed by atoms with Crippen molar-refractivity contribution in [1.29, 1.82) is 0 Å². The standard InChI is InChI=1S/C24H21NO4S/c1-28-24-20(18-11-13-19(14-12-18)30(2,26)27)9-6-10-21(24)22-16-29-23(25-22)15-17-7-4-3-5-8-17/h3-14,16H,15H2,1-2H3. The van der Waals surface area contributed by atoms with E-state index in [2.05, 4.69) is 4.98 Å². The summed E-state index contributed by atoms with van der Waals surface area (Å²) in [5, 5.41) is 0. The molecule has 5 nitrogen and oxygen atoms in total. The SMILES string of the molecule is COc1c(-c2ccc(S(C)(=O)=O)cc2)cccc1-c1coc(Cc2ccccc2)n1. The molecular formula is C24H21NO4S. The van der Waals surface area contributed by atoms with Crippen molar-refractivity contribution in [3.8, 4) is 28.1 Å². The van der Waals surface area contributed by atoms with Gasteiger partial charge in [-0.25, -0.2) is 13.4 Å². The number of oxazole rings is 1. The van der Waals surface area contributed by atoms with Gasteiger partial charge in [-0.2, -0.15) is 0 Å². The fourth-order valence-corrected chi connectivity index (χ4v) is 3.98. The van der Waals surface area contributed by atoms with Crippen molar-refractivity contribution >= 4 is 9.84 Å². The predicted molar refractivity (Wildman–Crippen MR) is 116 cm³/mol. The van der Waals surface area contributed by atoms with E-state index < -0.39 is 9.84 Å². The highest BCUT2D eigenvalue weighted by Gasteiger charge is 2.16. The van der Waals surface area contributed by atoms with Crippen LogP contribution in [-0.4, -0.2) is 26.8 Å². The molecule has 0 saturated heterocycles. The van der Waals surface area contributed by atoms with Crippen molar-refractivity contribution in [1.82, 2.24) is 4.98 Å². The highest BCUT2D eigenvalue weighted by Crippen LogP contribution is 2.38. The molecule has 0 amide bonds. The van der Waals surface area contributed by atoms with Gasteiger partial charge in [0.1, 0.15) is 17.7 Å². The summed E-state index contributed by atoms with van der Waals surface area (Å²) in [7, 11) is -1.64. The van der Waals surface area contributed by atoms with E-state index in [-0.39, 0.29) is 4.90 Å². The maximum atomic E-state index is 11.7. The summed E-state index contributed by atoms with van der Waals surface area (Å²) in [5.74, 6) is 1.28. The smallest absolute Gasteiger partial charge is 0.198 e. The molecule has 0 aliphatic heterocycles. The lowest BCUT2D eigenvalue weighted by Crippen LogP contribution is -1.97. The molecule has 4 rings (SSSR count). The third-order valence-corrected chi connectivity index (χ3v) is 5.97. The van der Waals surface area contributed by atoms with Crippen LogP contribution < -0.4 is 4.74 Å². The van der Waals surface area contributed by atoms with Crippen LogP contribution in [0.3, 0.4) is 0 Å². The summed E-state index contributed by atoms with van der Waals surface area (Å²) in [4.78, 5) is 4.92. The van der Waals surface area contributed by atoms with Crippen molar-refractivity contribution in [3.63, 3.8) is 0 Å². The molecule has 30 heavy (non-hydrogen) atoms. The van der Waals surface area contributed by atoms with Crippen molar-refractivity contribution < 1.29 is 17.6 Å². The highest BCUT2D eigenvalue weighted by molar-refractivity contribution is 7.90. The van der Waals surface area contributed by atoms with E-state index in [1.807, 2.05) is 48.5 Å². The summed E-state index contributed by atoms with van der Waals surface area (Å²) in [5.41, 5.74) is 4.33. The average molecular weight is 420 g/mol. The maximum absolute atomic E-state index is 11.7. The van der Waals surface area contributed by atoms with E-state index in [1.54, 1.807) is 37.6 Å². The molecule has 1 heterocycles. The summed E-state index contributed by atoms with van der Waals surface area (Å²) in [6.07, 6.45) is 3.43. The zero-order valence-corrected chi connectivity index (χ0v) is 17.5. The topological polar surface area (TPSA) is 69.4 Å². The summed E-state index contributed by atoms with van der Waals surface area (Å²) < 4.78 is 34.9. The molecule has 3 aromatic carbocycles. The Hall–Kier alpha value is -3.38. The number of aromatic nitrogens is 1. The minimum atomic E-state index is -3.25. The second-order valence-corrected chi connectivity index (χ2v) is 8.99. The quantitative estimate of drug-likeness (QED) is 0.439. The second-order valence-electron chi connectivity index (χ2n) is 6.97. The first kappa shape index (κ1) is 19.9. The molecule has 4 aromatic rings. The number of nitrogens with zero attached hydrogens (tertiary/aromatic N) is 1. The van der Waals surface area contributed by atoms with Crippen LogP contribution in [0, 0.1) is 0 Å². The van der Waals surface area contributed by atoms with Gasteiger partial charge in [0, 0.05) is 23.8 Å². The Balaban J connectivity index is 1.69. The van der Waals surface area contributed by atoms with E-state index in [4.69, 9.17) is 9.15 Å². The van der Waals surface area contributed by atoms with E-state index in [0.717, 1.165) is 22.3 Å². The van der Waals surface area contributed by atoms with Crippen LogP contribution in [0.2, 0.25) is 0 Å². The van der Waals surface area contributed by atoms with Crippen molar-refractivity contribution in [2.24, 2.45) is 0 Å². The van der Waals surface area contributed by atoms with Crippen LogP contribution in [0.15, 0.2) is 88.4 Å². The first-order valence-electron chi connectivity index (χ1n) is 9.42. The van der Waals surface area contributed by atoms with Crippen molar-refractivity contribution in [2.75, 3.05) is 13.4 Å². The van der Waals surface area contributed by atoms with E-state index >= 15 is 0 Å². The lowest BCUT2D eigenvalue weighted by Gasteiger charge is -2.12. The molecule has 1 aromatic heterocycles. The van der Waals surface area contributed by atoms with Crippen LogP contribution in [0.5, 0.6) is 5.75 Å². The van der Waals surface area contributed by atoms with Crippen molar-refractivity contribution in [3.05, 3.63) is 90.5 Å². The number of benzene rings is 3. The largest absolute Gasteiger partial charge is 0.495 e. The van der Waals surface area contributed by atoms with Crippen molar-refractivity contribution in [2.45, 2.75) is 11.3 Å². The van der Waals surface area contributed by atoms with Gasteiger partial charge in [-0.05, 0) is 29.3 Å². The minimum absolute atomic E-state index is 0.281. The van der Waals surface area contributed by atoms with Gasteiger partial charge in [-0.15, -0.1) is 0 Å². The number of hydrogen-bond donors (Lipinski definition) is 0. The highest BCUT2D eigenvalue weighted by atomic mass is 32.2. The summed E-state index contributed by atoms with van der Waals surface area (Å²) >= 11 is 0. The summed E-state index contributed by atoms with van der Waals surface area (Å²) in [6.45, 7) is 0. The lowest BCUT2D eigenvalue weighted by atomic mass is 10.00. The fourth-order valence-electron chi connectivity index (χ4n) is 3.35. The van der Waals surface area contributed by atoms with E-state index in [0.29, 0.717) is 23.8 Å². The molecule has 0 bridgehead atoms. The third-order valence-electron chi connectivity index (χ3n) is 4.84. The van der Waals surface area contributed by atoms with Gasteiger partial charge in [0.25, 0.3) is 0 Å². The number of ether oxygens (including phenoxy) is 1. The zero-order valence-electron chi connectivity index (χ0n) is 16.7. The lowest BCUT2D eigenvalue weighted by molar-refractivity contribution is 0.418. The summed E-state index contributed by atoms with van der Waals surface area (Å²) in [6, 6.07) is 22.6. The van der Waals surface area contributed by atoms with E-state index in [1.165, 1.54) is 6.26 Å². The Bertz CT molecular complexity index is 1260. The second kappa shape index (κ2) is 8.16. The molecule has 0 atom stereocenters. The molecule has 0 fully saturated rings. The first-order valence-corrected chi connectivity index (χ1v) is 11.3. The molecule has 0 spiro atoms. The molecular weight excluding hydrogens is 398 g/mol. The van der Waals surface area contributed by atoms with Gasteiger partial charge >= 0.3 is 0 Å². The third kappa shape index (κ3) is 4.14. The number of para-hydroxylation sites is 1.